The number of hydrogen-bond acceptors (Lipinski definition) is 4. The number of rotatable bonds is 8. The van der Waals surface area contributed by atoms with Crippen LogP contribution in [-0.4, -0.2) is 19.3 Å². The van der Waals surface area contributed by atoms with Crippen LogP contribution in [0.1, 0.15) is 36.1 Å². The van der Waals surface area contributed by atoms with Gasteiger partial charge in [-0.15, -0.1) is 0 Å². The first-order chi connectivity index (χ1) is 11.9. The molecule has 1 heterocycles. The van der Waals surface area contributed by atoms with Crippen molar-refractivity contribution >= 4 is 30.3 Å². The van der Waals surface area contributed by atoms with Gasteiger partial charge in [0.2, 0.25) is 0 Å². The number of nitrogens with one attached hydrogen (secondary N) is 2. The van der Waals surface area contributed by atoms with Crippen LogP contribution in [0.25, 0.3) is 0 Å². The molecule has 3 rings (SSSR count). The summed E-state index contributed by atoms with van der Waals surface area (Å²) in [4.78, 5) is 0. The Labute approximate surface area is 160 Å². The number of hydrogen-bond donors (Lipinski definition) is 2. The standard InChI is InChI=1S/C19H23IN2OS/c20-24-22-19(16-10-5-2-6-11-16)18(15-8-3-1-4-9-15)21-14-17-12-7-13-23-17/h1-6,8-11,17-19,21-22H,7,12-14H2/t17?,18-,19-/m1/s1. The Morgan fingerprint density at radius 3 is 2.17 bits per heavy atom. The van der Waals surface area contributed by atoms with Crippen molar-refractivity contribution < 1.29 is 4.74 Å². The molecule has 1 saturated heterocycles. The zero-order valence-electron chi connectivity index (χ0n) is 13.5. The highest BCUT2D eigenvalue weighted by Gasteiger charge is 2.26. The van der Waals surface area contributed by atoms with Crippen molar-refractivity contribution in [3.05, 3.63) is 71.8 Å². The van der Waals surface area contributed by atoms with Crippen LogP contribution >= 0.6 is 30.3 Å². The van der Waals surface area contributed by atoms with Gasteiger partial charge in [-0.1, -0.05) is 60.7 Å². The van der Waals surface area contributed by atoms with Crippen LogP contribution in [0, 0.1) is 0 Å². The minimum Gasteiger partial charge on any atom is -0.377 e. The summed E-state index contributed by atoms with van der Waals surface area (Å²) in [7, 11) is 1.63. The van der Waals surface area contributed by atoms with E-state index < -0.39 is 0 Å². The van der Waals surface area contributed by atoms with Gasteiger partial charge in [0.05, 0.1) is 18.2 Å². The van der Waals surface area contributed by atoms with Crippen molar-refractivity contribution in [2.45, 2.75) is 31.0 Å². The fourth-order valence-corrected chi connectivity index (χ4v) is 4.38. The van der Waals surface area contributed by atoms with E-state index in [-0.39, 0.29) is 12.1 Å². The van der Waals surface area contributed by atoms with Crippen LogP contribution in [0.5, 0.6) is 0 Å². The maximum absolute atomic E-state index is 5.80. The SMILES string of the molecule is ISN[C@H](c1ccccc1)[C@H](NCC1CCCO1)c1ccccc1. The summed E-state index contributed by atoms with van der Waals surface area (Å²) in [6, 6.07) is 21.7. The predicted molar refractivity (Wildman–Crippen MR) is 110 cm³/mol. The molecule has 0 aromatic heterocycles. The summed E-state index contributed by atoms with van der Waals surface area (Å²) in [5, 5.41) is 3.76. The largest absolute Gasteiger partial charge is 0.377 e. The van der Waals surface area contributed by atoms with E-state index in [0.717, 1.165) is 19.6 Å². The molecule has 128 valence electrons. The van der Waals surface area contributed by atoms with E-state index in [1.54, 1.807) is 9.12 Å². The highest BCUT2D eigenvalue weighted by atomic mass is 127. The van der Waals surface area contributed by atoms with Gasteiger partial charge in [0.15, 0.2) is 0 Å². The third kappa shape index (κ3) is 4.95. The lowest BCUT2D eigenvalue weighted by Crippen LogP contribution is -2.36. The molecular formula is C19H23IN2OS. The normalized spacial score (nSPS) is 20.0. The van der Waals surface area contributed by atoms with Gasteiger partial charge in [0.1, 0.15) is 0 Å². The fourth-order valence-electron chi connectivity index (χ4n) is 3.19. The molecule has 0 bridgehead atoms. The van der Waals surface area contributed by atoms with Crippen LogP contribution in [0.4, 0.5) is 0 Å². The highest BCUT2D eigenvalue weighted by Crippen LogP contribution is 2.32. The molecule has 1 aliphatic heterocycles. The molecule has 3 atom stereocenters. The Bertz CT molecular complexity index is 593. The smallest absolute Gasteiger partial charge is 0.0700 e. The minimum absolute atomic E-state index is 0.192. The van der Waals surface area contributed by atoms with Crippen molar-refractivity contribution in [1.29, 1.82) is 0 Å². The summed E-state index contributed by atoms with van der Waals surface area (Å²) >= 11 is 2.30. The molecule has 0 aliphatic carbocycles. The number of benzene rings is 2. The van der Waals surface area contributed by atoms with Gasteiger partial charge in [-0.05, 0) is 33.1 Å². The molecule has 0 amide bonds. The molecule has 2 aromatic rings. The average molecular weight is 454 g/mol. The third-order valence-corrected chi connectivity index (χ3v) is 5.52. The van der Waals surface area contributed by atoms with Crippen LogP contribution in [0.3, 0.4) is 0 Å². The van der Waals surface area contributed by atoms with Gasteiger partial charge in [0.25, 0.3) is 0 Å². The molecular weight excluding hydrogens is 431 g/mol. The van der Waals surface area contributed by atoms with Crippen molar-refractivity contribution in [2.24, 2.45) is 0 Å². The van der Waals surface area contributed by atoms with Gasteiger partial charge in [-0.3, -0.25) is 0 Å². The van der Waals surface area contributed by atoms with Crippen LogP contribution < -0.4 is 10.0 Å². The molecule has 0 spiro atoms. The lowest BCUT2D eigenvalue weighted by atomic mass is 9.94. The van der Waals surface area contributed by atoms with Crippen molar-refractivity contribution in [3.63, 3.8) is 0 Å². The van der Waals surface area contributed by atoms with E-state index in [9.17, 15) is 0 Å². The van der Waals surface area contributed by atoms with Gasteiger partial charge < -0.3 is 10.1 Å². The zero-order valence-corrected chi connectivity index (χ0v) is 16.5. The molecule has 0 saturated carbocycles. The molecule has 24 heavy (non-hydrogen) atoms. The molecule has 1 aliphatic rings. The third-order valence-electron chi connectivity index (χ3n) is 4.41. The fraction of sp³-hybridized carbons (Fsp3) is 0.368. The van der Waals surface area contributed by atoms with E-state index in [1.165, 1.54) is 17.5 Å². The van der Waals surface area contributed by atoms with E-state index in [4.69, 9.17) is 4.74 Å². The first-order valence-corrected chi connectivity index (χ1v) is 11.7. The first-order valence-electron chi connectivity index (χ1n) is 8.36. The lowest BCUT2D eigenvalue weighted by Gasteiger charge is -2.30. The number of halogens is 1. The Morgan fingerprint density at radius 1 is 1.00 bits per heavy atom. The van der Waals surface area contributed by atoms with E-state index >= 15 is 0 Å². The van der Waals surface area contributed by atoms with Gasteiger partial charge in [0, 0.05) is 34.4 Å². The number of ether oxygens (including phenoxy) is 1. The highest BCUT2D eigenvalue weighted by molar-refractivity contribution is 14.2. The van der Waals surface area contributed by atoms with E-state index in [2.05, 4.69) is 91.9 Å². The minimum atomic E-state index is 0.192. The second kappa shape index (κ2) is 9.77. The lowest BCUT2D eigenvalue weighted by molar-refractivity contribution is 0.106. The molecule has 1 unspecified atom stereocenters. The molecule has 5 heteroatoms. The maximum Gasteiger partial charge on any atom is 0.0700 e. The summed E-state index contributed by atoms with van der Waals surface area (Å²) in [5.41, 5.74) is 2.58. The first kappa shape index (κ1) is 18.2. The van der Waals surface area contributed by atoms with Crippen molar-refractivity contribution in [3.8, 4) is 0 Å². The topological polar surface area (TPSA) is 33.3 Å². The maximum atomic E-state index is 5.80. The average Bonchev–Trinajstić information content (AvgIpc) is 3.16. The van der Waals surface area contributed by atoms with Crippen LogP contribution in [0.15, 0.2) is 60.7 Å². The molecule has 2 aromatic carbocycles. The molecule has 3 nitrogen and oxygen atoms in total. The molecule has 0 radical (unpaired) electrons. The summed E-state index contributed by atoms with van der Waals surface area (Å²) in [6.07, 6.45) is 2.66. The van der Waals surface area contributed by atoms with Crippen LogP contribution in [-0.2, 0) is 4.74 Å². The van der Waals surface area contributed by atoms with E-state index in [1.807, 2.05) is 0 Å². The molecule has 1 fully saturated rings. The Kier molecular flexibility index (Phi) is 7.41. The second-order valence-electron chi connectivity index (χ2n) is 6.01. The van der Waals surface area contributed by atoms with E-state index in [0.29, 0.717) is 6.10 Å². The van der Waals surface area contributed by atoms with Crippen LogP contribution in [0.2, 0.25) is 0 Å². The summed E-state index contributed by atoms with van der Waals surface area (Å²) < 4.78 is 9.37. The van der Waals surface area contributed by atoms with Gasteiger partial charge in [-0.2, -0.15) is 0 Å². The van der Waals surface area contributed by atoms with Gasteiger partial charge in [-0.25, -0.2) is 4.72 Å². The Balaban J connectivity index is 1.83. The summed E-state index contributed by atoms with van der Waals surface area (Å²) in [5.74, 6) is 0. The van der Waals surface area contributed by atoms with Crippen molar-refractivity contribution in [1.82, 2.24) is 10.0 Å². The Hall–Kier alpha value is -0.600. The predicted octanol–water partition coefficient (Wildman–Crippen LogP) is 4.83. The quantitative estimate of drug-likeness (QED) is 0.443. The molecule has 2 N–H and O–H groups in total. The van der Waals surface area contributed by atoms with Gasteiger partial charge >= 0.3 is 0 Å². The van der Waals surface area contributed by atoms with Crippen molar-refractivity contribution in [2.75, 3.05) is 13.2 Å². The summed E-state index contributed by atoms with van der Waals surface area (Å²) in [6.45, 7) is 1.78. The zero-order chi connectivity index (χ0) is 16.6. The monoisotopic (exact) mass is 454 g/mol. The Morgan fingerprint density at radius 2 is 1.62 bits per heavy atom. The second-order valence-corrected chi connectivity index (χ2v) is 7.73.